The van der Waals surface area contributed by atoms with E-state index < -0.39 is 0 Å². The minimum absolute atomic E-state index is 0.00506. The summed E-state index contributed by atoms with van der Waals surface area (Å²) in [5.41, 5.74) is 0.00506. The van der Waals surface area contributed by atoms with Gasteiger partial charge in [0.15, 0.2) is 0 Å². The summed E-state index contributed by atoms with van der Waals surface area (Å²) in [7, 11) is 0. The highest BCUT2D eigenvalue weighted by Crippen LogP contribution is 2.09. The summed E-state index contributed by atoms with van der Waals surface area (Å²) in [6.07, 6.45) is 5.67. The van der Waals surface area contributed by atoms with Gasteiger partial charge in [0, 0.05) is 13.2 Å². The highest BCUT2D eigenvalue weighted by Gasteiger charge is 2.08. The molecule has 0 rings (SSSR count). The molecule has 0 saturated heterocycles. The Morgan fingerprint density at radius 3 is 2.00 bits per heavy atom. The van der Waals surface area contributed by atoms with Crippen LogP contribution in [0.4, 0.5) is 0 Å². The summed E-state index contributed by atoms with van der Waals surface area (Å²) < 4.78 is 5.59. The van der Waals surface area contributed by atoms with Crippen LogP contribution < -0.4 is 0 Å². The van der Waals surface area contributed by atoms with E-state index in [2.05, 4.69) is 20.8 Å². The topological polar surface area (TPSA) is 29.5 Å². The molecule has 0 heterocycles. The molecule has 80 valence electrons. The van der Waals surface area contributed by atoms with E-state index in [0.29, 0.717) is 6.61 Å². The average molecular weight is 188 g/mol. The van der Waals surface area contributed by atoms with Gasteiger partial charge in [-0.2, -0.15) is 0 Å². The van der Waals surface area contributed by atoms with E-state index >= 15 is 0 Å². The monoisotopic (exact) mass is 188 g/mol. The lowest BCUT2D eigenvalue weighted by atomic mass is 10.1. The molecule has 0 amide bonds. The first kappa shape index (κ1) is 12.9. The maximum atomic E-state index is 8.55. The number of rotatable bonds is 7. The van der Waals surface area contributed by atoms with Crippen molar-refractivity contribution in [3.05, 3.63) is 0 Å². The lowest BCUT2D eigenvalue weighted by molar-refractivity contribution is -0.00475. The highest BCUT2D eigenvalue weighted by atomic mass is 16.5. The lowest BCUT2D eigenvalue weighted by Gasteiger charge is -2.19. The molecule has 0 aromatic carbocycles. The lowest BCUT2D eigenvalue weighted by Crippen LogP contribution is -2.19. The van der Waals surface area contributed by atoms with Crippen LogP contribution in [-0.2, 0) is 4.74 Å². The second kappa shape index (κ2) is 7.34. The normalized spacial score (nSPS) is 12.0. The van der Waals surface area contributed by atoms with Gasteiger partial charge in [-0.05, 0) is 33.6 Å². The fraction of sp³-hybridized carbons (Fsp3) is 1.00. The predicted octanol–water partition coefficient (Wildman–Crippen LogP) is 2.74. The van der Waals surface area contributed by atoms with Gasteiger partial charge >= 0.3 is 0 Å². The maximum Gasteiger partial charge on any atom is 0.0598 e. The van der Waals surface area contributed by atoms with Crippen LogP contribution in [0.15, 0.2) is 0 Å². The summed E-state index contributed by atoms with van der Waals surface area (Å²) in [5.74, 6) is 0. The van der Waals surface area contributed by atoms with Crippen molar-refractivity contribution >= 4 is 0 Å². The molecule has 13 heavy (non-hydrogen) atoms. The third-order valence-corrected chi connectivity index (χ3v) is 1.84. The minimum atomic E-state index is 0.00506. The Bertz CT molecular complexity index is 105. The highest BCUT2D eigenvalue weighted by molar-refractivity contribution is 4.58. The van der Waals surface area contributed by atoms with E-state index in [9.17, 15) is 0 Å². The quantitative estimate of drug-likeness (QED) is 0.622. The molecule has 0 saturated carbocycles. The molecule has 0 aliphatic rings. The second-order valence-electron chi connectivity index (χ2n) is 4.45. The average Bonchev–Trinajstić information content (AvgIpc) is 2.01. The Balaban J connectivity index is 3.00. The van der Waals surface area contributed by atoms with Crippen LogP contribution >= 0.6 is 0 Å². The summed E-state index contributed by atoms with van der Waals surface area (Å²) in [4.78, 5) is 0. The van der Waals surface area contributed by atoms with Gasteiger partial charge in [0.05, 0.1) is 5.60 Å². The summed E-state index contributed by atoms with van der Waals surface area (Å²) in [6.45, 7) is 7.44. The standard InChI is InChI=1S/C11H24O2/c1-11(2,3)13-10-8-6-4-5-7-9-12/h12H,4-10H2,1-3H3. The van der Waals surface area contributed by atoms with E-state index in [-0.39, 0.29) is 5.60 Å². The van der Waals surface area contributed by atoms with Crippen molar-refractivity contribution in [1.29, 1.82) is 0 Å². The van der Waals surface area contributed by atoms with Crippen LogP contribution in [0.2, 0.25) is 0 Å². The maximum absolute atomic E-state index is 8.55. The number of hydrogen-bond acceptors (Lipinski definition) is 2. The van der Waals surface area contributed by atoms with E-state index in [0.717, 1.165) is 25.9 Å². The van der Waals surface area contributed by atoms with E-state index in [1.54, 1.807) is 0 Å². The zero-order chi connectivity index (χ0) is 10.2. The first-order valence-electron chi connectivity index (χ1n) is 5.31. The Morgan fingerprint density at radius 2 is 1.46 bits per heavy atom. The van der Waals surface area contributed by atoms with Crippen molar-refractivity contribution in [3.63, 3.8) is 0 Å². The molecule has 0 aromatic heterocycles. The first-order valence-corrected chi connectivity index (χ1v) is 5.31. The van der Waals surface area contributed by atoms with Gasteiger partial charge < -0.3 is 9.84 Å². The van der Waals surface area contributed by atoms with Gasteiger partial charge in [-0.3, -0.25) is 0 Å². The smallest absolute Gasteiger partial charge is 0.0598 e. The van der Waals surface area contributed by atoms with E-state index in [1.807, 2.05) is 0 Å². The summed E-state index contributed by atoms with van der Waals surface area (Å²) in [5, 5.41) is 8.55. The molecule has 0 unspecified atom stereocenters. The molecule has 0 aliphatic carbocycles. The molecule has 0 spiro atoms. The number of aliphatic hydroxyl groups excluding tert-OH is 1. The van der Waals surface area contributed by atoms with Crippen molar-refractivity contribution in [3.8, 4) is 0 Å². The third kappa shape index (κ3) is 11.9. The minimum Gasteiger partial charge on any atom is -0.396 e. The molecule has 0 fully saturated rings. The Labute approximate surface area is 82.3 Å². The second-order valence-corrected chi connectivity index (χ2v) is 4.45. The molecule has 2 heteroatoms. The number of ether oxygens (including phenoxy) is 1. The summed E-state index contributed by atoms with van der Waals surface area (Å²) in [6, 6.07) is 0. The van der Waals surface area contributed by atoms with Gasteiger partial charge in [-0.1, -0.05) is 19.3 Å². The van der Waals surface area contributed by atoms with Crippen molar-refractivity contribution in [1.82, 2.24) is 0 Å². The molecular formula is C11H24O2. The van der Waals surface area contributed by atoms with Crippen molar-refractivity contribution in [2.75, 3.05) is 13.2 Å². The molecule has 0 aliphatic heterocycles. The molecule has 0 aromatic rings. The van der Waals surface area contributed by atoms with Crippen LogP contribution in [0.5, 0.6) is 0 Å². The SMILES string of the molecule is CC(C)(C)OCCCCCCCO. The molecule has 0 radical (unpaired) electrons. The molecule has 0 atom stereocenters. The summed E-state index contributed by atoms with van der Waals surface area (Å²) >= 11 is 0. The first-order chi connectivity index (χ1) is 6.06. The van der Waals surface area contributed by atoms with E-state index in [1.165, 1.54) is 12.8 Å². The number of hydrogen-bond donors (Lipinski definition) is 1. The predicted molar refractivity (Wildman–Crippen MR) is 55.9 cm³/mol. The fourth-order valence-electron chi connectivity index (χ4n) is 1.12. The van der Waals surface area contributed by atoms with Crippen molar-refractivity contribution in [2.45, 2.75) is 58.5 Å². The Hall–Kier alpha value is -0.0800. The fourth-order valence-corrected chi connectivity index (χ4v) is 1.12. The third-order valence-electron chi connectivity index (χ3n) is 1.84. The van der Waals surface area contributed by atoms with Crippen LogP contribution in [0.25, 0.3) is 0 Å². The van der Waals surface area contributed by atoms with Gasteiger partial charge in [0.25, 0.3) is 0 Å². The van der Waals surface area contributed by atoms with Gasteiger partial charge in [0.1, 0.15) is 0 Å². The van der Waals surface area contributed by atoms with Crippen LogP contribution in [-0.4, -0.2) is 23.9 Å². The Morgan fingerprint density at radius 1 is 0.923 bits per heavy atom. The zero-order valence-corrected chi connectivity index (χ0v) is 9.31. The van der Waals surface area contributed by atoms with Crippen LogP contribution in [0, 0.1) is 0 Å². The number of unbranched alkanes of at least 4 members (excludes halogenated alkanes) is 4. The molecule has 1 N–H and O–H groups in total. The van der Waals surface area contributed by atoms with Gasteiger partial charge in [-0.15, -0.1) is 0 Å². The van der Waals surface area contributed by atoms with Crippen LogP contribution in [0.1, 0.15) is 52.9 Å². The van der Waals surface area contributed by atoms with E-state index in [4.69, 9.17) is 9.84 Å². The Kier molecular flexibility index (Phi) is 7.29. The van der Waals surface area contributed by atoms with Crippen molar-refractivity contribution in [2.24, 2.45) is 0 Å². The van der Waals surface area contributed by atoms with Gasteiger partial charge in [-0.25, -0.2) is 0 Å². The van der Waals surface area contributed by atoms with Crippen LogP contribution in [0.3, 0.4) is 0 Å². The molecule has 2 nitrogen and oxygen atoms in total. The molecule has 0 bridgehead atoms. The number of aliphatic hydroxyl groups is 1. The zero-order valence-electron chi connectivity index (χ0n) is 9.31. The molecular weight excluding hydrogens is 164 g/mol. The van der Waals surface area contributed by atoms with Crippen molar-refractivity contribution < 1.29 is 9.84 Å². The largest absolute Gasteiger partial charge is 0.396 e. The van der Waals surface area contributed by atoms with Gasteiger partial charge in [0.2, 0.25) is 0 Å².